The number of hydrogen-bond acceptors (Lipinski definition) is 2. The van der Waals surface area contributed by atoms with E-state index in [1.54, 1.807) is 4.98 Å². The third-order valence-electron chi connectivity index (χ3n) is 2.32. The van der Waals surface area contributed by atoms with Gasteiger partial charge >= 0.3 is 11.9 Å². The van der Waals surface area contributed by atoms with Gasteiger partial charge in [0.15, 0.2) is 0 Å². The fourth-order valence-corrected chi connectivity index (χ4v) is 1.61. The van der Waals surface area contributed by atoms with Gasteiger partial charge in [0.1, 0.15) is 5.69 Å². The highest BCUT2D eigenvalue weighted by atomic mass is 35.5. The molecule has 2 aromatic rings. The Balaban J connectivity index is 2.64. The molecule has 1 N–H and O–H groups in total. The molecule has 0 atom stereocenters. The van der Waals surface area contributed by atoms with Gasteiger partial charge in [-0.2, -0.15) is 13.2 Å². The minimum absolute atomic E-state index is 0.129. The second-order valence-electron chi connectivity index (χ2n) is 3.64. The highest BCUT2D eigenvalue weighted by Gasteiger charge is 2.33. The van der Waals surface area contributed by atoms with E-state index in [9.17, 15) is 22.8 Å². The lowest BCUT2D eigenvalue weighted by Gasteiger charge is -2.08. The van der Waals surface area contributed by atoms with Gasteiger partial charge in [-0.3, -0.25) is 4.79 Å². The third-order valence-corrected chi connectivity index (χ3v) is 2.58. The zero-order chi connectivity index (χ0) is 14.2. The molecule has 0 amide bonds. The lowest BCUT2D eigenvalue weighted by Crippen LogP contribution is -2.35. The SMILES string of the molecule is O=c1cc(C(F)(F)F)[nH]c(=O)n1-c1ccc(Cl)cc1. The van der Waals surface area contributed by atoms with Gasteiger partial charge in [0, 0.05) is 11.1 Å². The standard InChI is InChI=1S/C11H6ClF3N2O2/c12-6-1-3-7(4-2-6)17-9(18)5-8(11(13,14)15)16-10(17)19/h1-5H,(H,16,19). The van der Waals surface area contributed by atoms with Crippen LogP contribution < -0.4 is 11.2 Å². The Morgan fingerprint density at radius 2 is 1.68 bits per heavy atom. The number of aromatic amines is 1. The van der Waals surface area contributed by atoms with Crippen LogP contribution in [0.2, 0.25) is 5.02 Å². The normalized spacial score (nSPS) is 11.6. The average molecular weight is 291 g/mol. The minimum atomic E-state index is -4.78. The topological polar surface area (TPSA) is 54.9 Å². The summed E-state index contributed by atoms with van der Waals surface area (Å²) in [6, 6.07) is 5.87. The summed E-state index contributed by atoms with van der Waals surface area (Å²) in [5, 5.41) is 0.375. The second kappa shape index (κ2) is 4.58. The fourth-order valence-electron chi connectivity index (χ4n) is 1.48. The Morgan fingerprint density at radius 1 is 1.11 bits per heavy atom. The van der Waals surface area contributed by atoms with Crippen LogP contribution in [0, 0.1) is 0 Å². The van der Waals surface area contributed by atoms with Gasteiger partial charge in [-0.05, 0) is 24.3 Å². The Bertz CT molecular complexity index is 685. The van der Waals surface area contributed by atoms with E-state index in [4.69, 9.17) is 11.6 Å². The Morgan fingerprint density at radius 3 is 2.16 bits per heavy atom. The van der Waals surface area contributed by atoms with Crippen molar-refractivity contribution in [1.29, 1.82) is 0 Å². The van der Waals surface area contributed by atoms with Crippen LogP contribution >= 0.6 is 11.6 Å². The molecule has 2 rings (SSSR count). The van der Waals surface area contributed by atoms with Crippen LogP contribution in [0.3, 0.4) is 0 Å². The average Bonchev–Trinajstić information content (AvgIpc) is 2.29. The molecular formula is C11H6ClF3N2O2. The summed E-state index contributed by atoms with van der Waals surface area (Å²) in [7, 11) is 0. The summed E-state index contributed by atoms with van der Waals surface area (Å²) in [5.74, 6) is 0. The first-order valence-electron chi connectivity index (χ1n) is 4.98. The van der Waals surface area contributed by atoms with Crippen molar-refractivity contribution in [2.45, 2.75) is 6.18 Å². The molecule has 0 unspecified atom stereocenters. The lowest BCUT2D eigenvalue weighted by atomic mass is 10.3. The van der Waals surface area contributed by atoms with E-state index in [1.165, 1.54) is 24.3 Å². The maximum atomic E-state index is 12.4. The van der Waals surface area contributed by atoms with Crippen LogP contribution in [0.5, 0.6) is 0 Å². The van der Waals surface area contributed by atoms with Gasteiger partial charge < -0.3 is 4.98 Å². The van der Waals surface area contributed by atoms with Gasteiger partial charge in [-0.1, -0.05) is 11.6 Å². The van der Waals surface area contributed by atoms with E-state index in [1.807, 2.05) is 0 Å². The lowest BCUT2D eigenvalue weighted by molar-refractivity contribution is -0.141. The van der Waals surface area contributed by atoms with Crippen molar-refractivity contribution >= 4 is 11.6 Å². The van der Waals surface area contributed by atoms with Gasteiger partial charge in [-0.15, -0.1) is 0 Å². The molecule has 1 aromatic carbocycles. The van der Waals surface area contributed by atoms with E-state index in [0.717, 1.165) is 0 Å². The number of benzene rings is 1. The Labute approximate surface area is 109 Å². The summed E-state index contributed by atoms with van der Waals surface area (Å²) in [5.41, 5.74) is -3.49. The first kappa shape index (κ1) is 13.4. The molecule has 8 heteroatoms. The summed E-state index contributed by atoms with van der Waals surface area (Å²) >= 11 is 5.64. The van der Waals surface area contributed by atoms with Crippen molar-refractivity contribution in [2.24, 2.45) is 0 Å². The highest BCUT2D eigenvalue weighted by Crippen LogP contribution is 2.25. The quantitative estimate of drug-likeness (QED) is 0.875. The highest BCUT2D eigenvalue weighted by molar-refractivity contribution is 6.30. The van der Waals surface area contributed by atoms with Crippen molar-refractivity contribution in [3.05, 3.63) is 61.9 Å². The predicted octanol–water partition coefficient (Wildman–Crippen LogP) is 2.20. The maximum Gasteiger partial charge on any atom is 0.431 e. The number of nitrogens with one attached hydrogen (secondary N) is 1. The van der Waals surface area contributed by atoms with Crippen molar-refractivity contribution in [1.82, 2.24) is 9.55 Å². The number of alkyl halides is 3. The fraction of sp³-hybridized carbons (Fsp3) is 0.0909. The number of halogens is 4. The van der Waals surface area contributed by atoms with Crippen molar-refractivity contribution in [3.63, 3.8) is 0 Å². The van der Waals surface area contributed by atoms with E-state index >= 15 is 0 Å². The summed E-state index contributed by atoms with van der Waals surface area (Å²) in [4.78, 5) is 24.8. The van der Waals surface area contributed by atoms with E-state index in [-0.39, 0.29) is 5.69 Å². The molecule has 4 nitrogen and oxygen atoms in total. The van der Waals surface area contributed by atoms with Crippen molar-refractivity contribution < 1.29 is 13.2 Å². The number of aromatic nitrogens is 2. The van der Waals surface area contributed by atoms with Crippen molar-refractivity contribution in [2.75, 3.05) is 0 Å². The summed E-state index contributed by atoms with van der Waals surface area (Å²) < 4.78 is 37.8. The van der Waals surface area contributed by atoms with Crippen molar-refractivity contribution in [3.8, 4) is 5.69 Å². The molecule has 0 radical (unpaired) electrons. The van der Waals surface area contributed by atoms with Crippen LogP contribution in [-0.2, 0) is 6.18 Å². The molecule has 19 heavy (non-hydrogen) atoms. The molecule has 0 aliphatic heterocycles. The molecule has 1 aromatic heterocycles. The Hall–Kier alpha value is -2.02. The molecule has 0 saturated carbocycles. The molecule has 0 aliphatic carbocycles. The van der Waals surface area contributed by atoms with Gasteiger partial charge in [0.2, 0.25) is 0 Å². The molecule has 1 heterocycles. The number of rotatable bonds is 1. The zero-order valence-electron chi connectivity index (χ0n) is 9.16. The Kier molecular flexibility index (Phi) is 3.23. The first-order valence-corrected chi connectivity index (χ1v) is 5.36. The number of hydrogen-bond donors (Lipinski definition) is 1. The largest absolute Gasteiger partial charge is 0.431 e. The molecule has 0 fully saturated rings. The maximum absolute atomic E-state index is 12.4. The van der Waals surface area contributed by atoms with Crippen LogP contribution in [0.1, 0.15) is 5.69 Å². The van der Waals surface area contributed by atoms with Crippen LogP contribution in [0.4, 0.5) is 13.2 Å². The van der Waals surface area contributed by atoms with Crippen LogP contribution in [0.15, 0.2) is 39.9 Å². The summed E-state index contributed by atoms with van der Waals surface area (Å²) in [6.07, 6.45) is -4.78. The van der Waals surface area contributed by atoms with E-state index < -0.39 is 23.1 Å². The molecule has 0 bridgehead atoms. The molecular weight excluding hydrogens is 285 g/mol. The minimum Gasteiger partial charge on any atom is -0.303 e. The van der Waals surface area contributed by atoms with Gasteiger partial charge in [0.05, 0.1) is 5.69 Å². The van der Waals surface area contributed by atoms with Crippen LogP contribution in [-0.4, -0.2) is 9.55 Å². The smallest absolute Gasteiger partial charge is 0.303 e. The van der Waals surface area contributed by atoms with Gasteiger partial charge in [-0.25, -0.2) is 9.36 Å². The zero-order valence-corrected chi connectivity index (χ0v) is 9.92. The summed E-state index contributed by atoms with van der Waals surface area (Å²) in [6.45, 7) is 0. The second-order valence-corrected chi connectivity index (χ2v) is 4.07. The number of H-pyrrole nitrogens is 1. The molecule has 0 aliphatic rings. The third kappa shape index (κ3) is 2.70. The monoisotopic (exact) mass is 290 g/mol. The number of nitrogens with zero attached hydrogens (tertiary/aromatic N) is 1. The van der Waals surface area contributed by atoms with Gasteiger partial charge in [0.25, 0.3) is 5.56 Å². The molecule has 100 valence electrons. The van der Waals surface area contributed by atoms with Crippen LogP contribution in [0.25, 0.3) is 5.69 Å². The molecule has 0 saturated heterocycles. The van der Waals surface area contributed by atoms with E-state index in [0.29, 0.717) is 15.7 Å². The molecule has 0 spiro atoms. The first-order chi connectivity index (χ1) is 8.79. The van der Waals surface area contributed by atoms with E-state index in [2.05, 4.69) is 0 Å². The predicted molar refractivity (Wildman–Crippen MR) is 62.7 cm³/mol.